The van der Waals surface area contributed by atoms with Gasteiger partial charge in [0.2, 0.25) is 0 Å². The van der Waals surface area contributed by atoms with Gasteiger partial charge in [-0.15, -0.1) is 0 Å². The molecule has 0 aliphatic rings. The van der Waals surface area contributed by atoms with E-state index in [1.165, 1.54) is 23.1 Å². The van der Waals surface area contributed by atoms with Crippen LogP contribution < -0.4 is 5.56 Å². The van der Waals surface area contributed by atoms with Crippen molar-refractivity contribution in [3.8, 4) is 11.7 Å². The van der Waals surface area contributed by atoms with E-state index < -0.39 is 4.92 Å². The molecule has 0 fully saturated rings. The van der Waals surface area contributed by atoms with Gasteiger partial charge in [-0.05, 0) is 19.1 Å². The molecule has 112 valence electrons. The van der Waals surface area contributed by atoms with Crippen molar-refractivity contribution < 1.29 is 13.8 Å². The van der Waals surface area contributed by atoms with Gasteiger partial charge in [-0.2, -0.15) is 0 Å². The van der Waals surface area contributed by atoms with Crippen molar-refractivity contribution in [3.63, 3.8) is 0 Å². The van der Waals surface area contributed by atoms with Gasteiger partial charge in [0, 0.05) is 12.1 Å². The second-order valence-electron chi connectivity index (χ2n) is 4.61. The topological polar surface area (TPSA) is 104 Å². The predicted octanol–water partition coefficient (Wildman–Crippen LogP) is 2.36. The first-order valence-electron chi connectivity index (χ1n) is 6.39. The Kier molecular flexibility index (Phi) is 3.34. The normalized spacial score (nSPS) is 10.8. The summed E-state index contributed by atoms with van der Waals surface area (Å²) in [6, 6.07) is 5.73. The van der Waals surface area contributed by atoms with Crippen LogP contribution in [-0.2, 0) is 6.54 Å². The van der Waals surface area contributed by atoms with E-state index in [0.717, 1.165) is 6.07 Å². The van der Waals surface area contributed by atoms with E-state index in [-0.39, 0.29) is 17.8 Å². The Bertz CT molecular complexity index is 876. The number of furan rings is 1. The first kappa shape index (κ1) is 13.8. The van der Waals surface area contributed by atoms with Crippen LogP contribution in [0.3, 0.4) is 0 Å². The van der Waals surface area contributed by atoms with E-state index in [9.17, 15) is 14.9 Å². The number of aryl methyl sites for hydroxylation is 1. The second-order valence-corrected chi connectivity index (χ2v) is 4.61. The van der Waals surface area contributed by atoms with Gasteiger partial charge >= 0.3 is 0 Å². The fourth-order valence-corrected chi connectivity index (χ4v) is 1.99. The average Bonchev–Trinajstić information content (AvgIpc) is 3.11. The molecule has 0 saturated carbocycles. The Morgan fingerprint density at radius 2 is 2.18 bits per heavy atom. The molecule has 0 aliphatic heterocycles. The Morgan fingerprint density at radius 1 is 1.36 bits per heavy atom. The third-order valence-corrected chi connectivity index (χ3v) is 3.12. The maximum Gasteiger partial charge on any atom is 0.285 e. The number of pyridine rings is 1. The van der Waals surface area contributed by atoms with E-state index in [1.807, 2.05) is 0 Å². The maximum atomic E-state index is 11.8. The molecule has 8 heteroatoms. The Morgan fingerprint density at radius 3 is 2.86 bits per heavy atom. The quantitative estimate of drug-likeness (QED) is 0.541. The van der Waals surface area contributed by atoms with Crippen molar-refractivity contribution in [1.29, 1.82) is 0 Å². The smallest absolute Gasteiger partial charge is 0.285 e. The summed E-state index contributed by atoms with van der Waals surface area (Å²) in [4.78, 5) is 26.3. The van der Waals surface area contributed by atoms with Crippen molar-refractivity contribution >= 4 is 5.69 Å². The number of hydrogen-bond donors (Lipinski definition) is 0. The van der Waals surface area contributed by atoms with Crippen LogP contribution in [0.25, 0.3) is 11.7 Å². The summed E-state index contributed by atoms with van der Waals surface area (Å²) in [7, 11) is 0. The van der Waals surface area contributed by atoms with Gasteiger partial charge in [-0.1, -0.05) is 0 Å². The third kappa shape index (κ3) is 2.53. The maximum absolute atomic E-state index is 11.8. The molecule has 3 aromatic rings. The van der Waals surface area contributed by atoms with Crippen molar-refractivity contribution in [2.45, 2.75) is 13.5 Å². The van der Waals surface area contributed by atoms with E-state index >= 15 is 0 Å². The SMILES string of the molecule is Cc1oc(-c2ccco2)nc1Cn1cc([N+](=O)[O-])ccc1=O. The van der Waals surface area contributed by atoms with Crippen molar-refractivity contribution in [2.75, 3.05) is 0 Å². The van der Waals surface area contributed by atoms with Gasteiger partial charge in [0.25, 0.3) is 17.1 Å². The molecule has 8 nitrogen and oxygen atoms in total. The fraction of sp³-hybridized carbons (Fsp3) is 0.143. The largest absolute Gasteiger partial charge is 0.459 e. The monoisotopic (exact) mass is 301 g/mol. The lowest BCUT2D eigenvalue weighted by Gasteiger charge is -2.02. The molecule has 0 bridgehead atoms. The number of aromatic nitrogens is 2. The van der Waals surface area contributed by atoms with Crippen molar-refractivity contribution in [1.82, 2.24) is 9.55 Å². The minimum Gasteiger partial charge on any atom is -0.459 e. The van der Waals surface area contributed by atoms with Gasteiger partial charge in [0.15, 0.2) is 5.76 Å². The highest BCUT2D eigenvalue weighted by molar-refractivity contribution is 5.44. The van der Waals surface area contributed by atoms with Crippen molar-refractivity contribution in [2.24, 2.45) is 0 Å². The van der Waals surface area contributed by atoms with Crippen LogP contribution in [-0.4, -0.2) is 14.5 Å². The van der Waals surface area contributed by atoms with Gasteiger partial charge in [0.1, 0.15) is 11.5 Å². The molecule has 0 aliphatic carbocycles. The third-order valence-electron chi connectivity index (χ3n) is 3.12. The summed E-state index contributed by atoms with van der Waals surface area (Å²) in [5, 5.41) is 10.8. The highest BCUT2D eigenvalue weighted by Crippen LogP contribution is 2.22. The number of nitrogens with zero attached hydrogens (tertiary/aromatic N) is 3. The fourth-order valence-electron chi connectivity index (χ4n) is 1.99. The molecule has 0 spiro atoms. The minimum atomic E-state index is -0.556. The molecule has 3 heterocycles. The Hall–Kier alpha value is -3.16. The molecule has 3 aromatic heterocycles. The van der Waals surface area contributed by atoms with Gasteiger partial charge in [-0.25, -0.2) is 4.98 Å². The van der Waals surface area contributed by atoms with E-state index in [0.29, 0.717) is 23.1 Å². The summed E-state index contributed by atoms with van der Waals surface area (Å²) >= 11 is 0. The lowest BCUT2D eigenvalue weighted by Crippen LogP contribution is -2.19. The number of rotatable bonds is 4. The Labute approximate surface area is 123 Å². The molecular formula is C14H11N3O5. The molecular weight excluding hydrogens is 290 g/mol. The second kappa shape index (κ2) is 5.32. The highest BCUT2D eigenvalue weighted by Gasteiger charge is 2.15. The standard InChI is InChI=1S/C14H11N3O5/c1-9-11(15-14(22-9)12-3-2-6-21-12)8-16-7-10(17(19)20)4-5-13(16)18/h2-7H,8H2,1H3. The summed E-state index contributed by atoms with van der Waals surface area (Å²) in [6.45, 7) is 1.79. The lowest BCUT2D eigenvalue weighted by atomic mass is 10.3. The molecule has 0 N–H and O–H groups in total. The minimum absolute atomic E-state index is 0.0799. The molecule has 0 amide bonds. The van der Waals surface area contributed by atoms with Crippen LogP contribution in [0.5, 0.6) is 0 Å². The summed E-state index contributed by atoms with van der Waals surface area (Å²) in [5.41, 5.74) is -0.00597. The van der Waals surface area contributed by atoms with Crippen LogP contribution in [0, 0.1) is 17.0 Å². The van der Waals surface area contributed by atoms with E-state index in [2.05, 4.69) is 4.98 Å². The molecule has 0 saturated heterocycles. The van der Waals surface area contributed by atoms with Gasteiger partial charge < -0.3 is 13.4 Å². The van der Waals surface area contributed by atoms with Crippen LogP contribution in [0.1, 0.15) is 11.5 Å². The predicted molar refractivity (Wildman–Crippen MR) is 75.4 cm³/mol. The molecule has 3 rings (SSSR count). The number of hydrogen-bond acceptors (Lipinski definition) is 6. The van der Waals surface area contributed by atoms with E-state index in [1.54, 1.807) is 19.1 Å². The zero-order chi connectivity index (χ0) is 15.7. The van der Waals surface area contributed by atoms with Gasteiger partial charge in [0.05, 0.1) is 23.9 Å². The summed E-state index contributed by atoms with van der Waals surface area (Å²) in [6.07, 6.45) is 2.68. The zero-order valence-corrected chi connectivity index (χ0v) is 11.6. The zero-order valence-electron chi connectivity index (χ0n) is 11.6. The van der Waals surface area contributed by atoms with Crippen LogP contribution in [0.2, 0.25) is 0 Å². The highest BCUT2D eigenvalue weighted by atomic mass is 16.6. The first-order chi connectivity index (χ1) is 10.5. The van der Waals surface area contributed by atoms with Crippen LogP contribution in [0.4, 0.5) is 5.69 Å². The molecule has 0 atom stereocenters. The Balaban J connectivity index is 1.95. The average molecular weight is 301 g/mol. The molecule has 0 unspecified atom stereocenters. The van der Waals surface area contributed by atoms with Crippen molar-refractivity contribution in [3.05, 3.63) is 68.6 Å². The van der Waals surface area contributed by atoms with E-state index in [4.69, 9.17) is 8.83 Å². The molecule has 22 heavy (non-hydrogen) atoms. The molecule has 0 aromatic carbocycles. The number of nitro groups is 1. The van der Waals surface area contributed by atoms with Crippen LogP contribution in [0.15, 0.2) is 50.4 Å². The lowest BCUT2D eigenvalue weighted by molar-refractivity contribution is -0.385. The first-order valence-corrected chi connectivity index (χ1v) is 6.39. The molecule has 0 radical (unpaired) electrons. The summed E-state index contributed by atoms with van der Waals surface area (Å²) in [5.74, 6) is 1.29. The summed E-state index contributed by atoms with van der Waals surface area (Å²) < 4.78 is 11.9. The number of oxazole rings is 1. The van der Waals surface area contributed by atoms with Gasteiger partial charge in [-0.3, -0.25) is 14.9 Å². The van der Waals surface area contributed by atoms with Crippen LogP contribution >= 0.6 is 0 Å².